The third-order valence-electron chi connectivity index (χ3n) is 3.41. The van der Waals surface area contributed by atoms with E-state index in [0.29, 0.717) is 0 Å². The molecule has 1 atom stereocenters. The first-order chi connectivity index (χ1) is 8.70. The van der Waals surface area contributed by atoms with E-state index in [4.69, 9.17) is 4.74 Å². The molecule has 1 heterocycles. The van der Waals surface area contributed by atoms with Crippen LogP contribution in [0.4, 0.5) is 0 Å². The quantitative estimate of drug-likeness (QED) is 0.818. The highest BCUT2D eigenvalue weighted by Crippen LogP contribution is 2.16. The van der Waals surface area contributed by atoms with Crippen LogP contribution in [0.25, 0.3) is 0 Å². The van der Waals surface area contributed by atoms with Gasteiger partial charge in [0.15, 0.2) is 6.10 Å². The molecule has 0 N–H and O–H groups in total. The van der Waals surface area contributed by atoms with E-state index in [2.05, 4.69) is 6.92 Å². The summed E-state index contributed by atoms with van der Waals surface area (Å²) in [5.41, 5.74) is 1.28. The molecule has 1 fully saturated rings. The zero-order valence-corrected chi connectivity index (χ0v) is 11.2. The van der Waals surface area contributed by atoms with Crippen LogP contribution >= 0.6 is 0 Å². The van der Waals surface area contributed by atoms with Crippen molar-refractivity contribution in [2.24, 2.45) is 0 Å². The van der Waals surface area contributed by atoms with Crippen LogP contribution in [0.1, 0.15) is 32.3 Å². The van der Waals surface area contributed by atoms with Gasteiger partial charge in [-0.2, -0.15) is 0 Å². The molecule has 1 aromatic carbocycles. The van der Waals surface area contributed by atoms with E-state index in [9.17, 15) is 4.79 Å². The molecular weight excluding hydrogens is 226 g/mol. The molecule has 1 aliphatic rings. The van der Waals surface area contributed by atoms with Gasteiger partial charge in [0.1, 0.15) is 5.75 Å². The third-order valence-corrected chi connectivity index (χ3v) is 3.41. The van der Waals surface area contributed by atoms with E-state index in [1.165, 1.54) is 5.56 Å². The number of amides is 1. The summed E-state index contributed by atoms with van der Waals surface area (Å²) < 4.78 is 5.70. The van der Waals surface area contributed by atoms with Crippen LogP contribution in [-0.2, 0) is 11.2 Å². The van der Waals surface area contributed by atoms with Crippen LogP contribution in [-0.4, -0.2) is 30.0 Å². The van der Waals surface area contributed by atoms with E-state index in [1.807, 2.05) is 36.1 Å². The summed E-state index contributed by atoms with van der Waals surface area (Å²) in [6, 6.07) is 7.96. The molecule has 3 nitrogen and oxygen atoms in total. The molecule has 98 valence electrons. The van der Waals surface area contributed by atoms with Gasteiger partial charge in [0.2, 0.25) is 0 Å². The van der Waals surface area contributed by atoms with Gasteiger partial charge in [-0.15, -0.1) is 0 Å². The lowest BCUT2D eigenvalue weighted by Gasteiger charge is -2.21. The Balaban J connectivity index is 1.92. The van der Waals surface area contributed by atoms with E-state index in [-0.39, 0.29) is 5.91 Å². The molecule has 0 aromatic heterocycles. The Morgan fingerprint density at radius 3 is 2.44 bits per heavy atom. The van der Waals surface area contributed by atoms with Gasteiger partial charge in [-0.1, -0.05) is 19.1 Å². The highest BCUT2D eigenvalue weighted by Gasteiger charge is 2.24. The van der Waals surface area contributed by atoms with Crippen molar-refractivity contribution in [3.63, 3.8) is 0 Å². The molecule has 0 saturated carbocycles. The predicted molar refractivity (Wildman–Crippen MR) is 71.7 cm³/mol. The molecular formula is C15H21NO2. The topological polar surface area (TPSA) is 29.5 Å². The normalized spacial score (nSPS) is 16.7. The highest BCUT2D eigenvalue weighted by atomic mass is 16.5. The summed E-state index contributed by atoms with van der Waals surface area (Å²) in [7, 11) is 0. The van der Waals surface area contributed by atoms with Crippen LogP contribution in [0, 0.1) is 0 Å². The largest absolute Gasteiger partial charge is 0.481 e. The van der Waals surface area contributed by atoms with Crippen LogP contribution in [0.15, 0.2) is 24.3 Å². The van der Waals surface area contributed by atoms with Crippen molar-refractivity contribution < 1.29 is 9.53 Å². The first-order valence-corrected chi connectivity index (χ1v) is 6.75. The van der Waals surface area contributed by atoms with Crippen molar-refractivity contribution in [3.05, 3.63) is 29.8 Å². The first kappa shape index (κ1) is 12.9. The van der Waals surface area contributed by atoms with Crippen LogP contribution in [0.3, 0.4) is 0 Å². The molecule has 0 spiro atoms. The Hall–Kier alpha value is -1.51. The lowest BCUT2D eigenvalue weighted by atomic mass is 10.2. The molecule has 1 aromatic rings. The summed E-state index contributed by atoms with van der Waals surface area (Å²) in [4.78, 5) is 14.0. The maximum Gasteiger partial charge on any atom is 0.263 e. The predicted octanol–water partition coefficient (Wildman–Crippen LogP) is 2.64. The Morgan fingerprint density at radius 2 is 1.89 bits per heavy atom. The zero-order chi connectivity index (χ0) is 13.0. The summed E-state index contributed by atoms with van der Waals surface area (Å²) in [6.45, 7) is 5.70. The van der Waals surface area contributed by atoms with E-state index < -0.39 is 6.10 Å². The van der Waals surface area contributed by atoms with Crippen LogP contribution in [0.5, 0.6) is 5.75 Å². The fourth-order valence-electron chi connectivity index (χ4n) is 2.25. The molecule has 3 heteroatoms. The molecule has 0 aliphatic carbocycles. The van der Waals surface area contributed by atoms with Crippen molar-refractivity contribution >= 4 is 5.91 Å². The van der Waals surface area contributed by atoms with Crippen LogP contribution < -0.4 is 4.74 Å². The van der Waals surface area contributed by atoms with Gasteiger partial charge in [0, 0.05) is 13.1 Å². The Kier molecular flexibility index (Phi) is 4.24. The van der Waals surface area contributed by atoms with Crippen molar-refractivity contribution in [2.45, 2.75) is 39.2 Å². The van der Waals surface area contributed by atoms with Gasteiger partial charge < -0.3 is 9.64 Å². The third kappa shape index (κ3) is 3.03. The molecule has 1 unspecified atom stereocenters. The first-order valence-electron chi connectivity index (χ1n) is 6.75. The minimum atomic E-state index is -0.393. The number of aryl methyl sites for hydroxylation is 1. The van der Waals surface area contributed by atoms with Crippen molar-refractivity contribution in [1.82, 2.24) is 4.90 Å². The van der Waals surface area contributed by atoms with E-state index >= 15 is 0 Å². The Morgan fingerprint density at radius 1 is 1.28 bits per heavy atom. The summed E-state index contributed by atoms with van der Waals surface area (Å²) in [6.07, 6.45) is 2.85. The maximum atomic E-state index is 12.1. The lowest BCUT2D eigenvalue weighted by molar-refractivity contribution is -0.136. The number of carbonyl (C=O) groups is 1. The standard InChI is InChI=1S/C15H21NO2/c1-3-13-6-8-14(9-7-13)18-12(2)15(17)16-10-4-5-11-16/h6-9,12H,3-5,10-11H2,1-2H3. The van der Waals surface area contributed by atoms with E-state index in [0.717, 1.165) is 38.1 Å². The number of carbonyl (C=O) groups excluding carboxylic acids is 1. The van der Waals surface area contributed by atoms with Gasteiger partial charge in [-0.25, -0.2) is 0 Å². The van der Waals surface area contributed by atoms with Crippen LogP contribution in [0.2, 0.25) is 0 Å². The second-order valence-corrected chi connectivity index (χ2v) is 4.79. The average Bonchev–Trinajstić information content (AvgIpc) is 2.92. The van der Waals surface area contributed by atoms with Gasteiger partial charge in [0.05, 0.1) is 0 Å². The van der Waals surface area contributed by atoms with Gasteiger partial charge >= 0.3 is 0 Å². The van der Waals surface area contributed by atoms with Crippen molar-refractivity contribution in [1.29, 1.82) is 0 Å². The minimum Gasteiger partial charge on any atom is -0.481 e. The highest BCUT2D eigenvalue weighted by molar-refractivity contribution is 5.81. The number of hydrogen-bond donors (Lipinski definition) is 0. The monoisotopic (exact) mass is 247 g/mol. The number of nitrogens with zero attached hydrogens (tertiary/aromatic N) is 1. The SMILES string of the molecule is CCc1ccc(OC(C)C(=O)N2CCCC2)cc1. The Bertz CT molecular complexity index is 393. The summed E-state index contributed by atoms with van der Waals surface area (Å²) in [5, 5.41) is 0. The lowest BCUT2D eigenvalue weighted by Crippen LogP contribution is -2.38. The Labute approximate surface area is 109 Å². The molecule has 1 amide bonds. The molecule has 0 bridgehead atoms. The fraction of sp³-hybridized carbons (Fsp3) is 0.533. The zero-order valence-electron chi connectivity index (χ0n) is 11.2. The van der Waals surface area contributed by atoms with E-state index in [1.54, 1.807) is 0 Å². The number of likely N-dealkylation sites (tertiary alicyclic amines) is 1. The van der Waals surface area contributed by atoms with Crippen molar-refractivity contribution in [3.8, 4) is 5.75 Å². The summed E-state index contributed by atoms with van der Waals surface area (Å²) in [5.74, 6) is 0.874. The fourth-order valence-corrected chi connectivity index (χ4v) is 2.25. The summed E-state index contributed by atoms with van der Waals surface area (Å²) >= 11 is 0. The smallest absolute Gasteiger partial charge is 0.263 e. The molecule has 0 radical (unpaired) electrons. The maximum absolute atomic E-state index is 12.1. The second-order valence-electron chi connectivity index (χ2n) is 4.79. The molecule has 2 rings (SSSR count). The minimum absolute atomic E-state index is 0.104. The second kappa shape index (κ2) is 5.89. The number of hydrogen-bond acceptors (Lipinski definition) is 2. The molecule has 1 aliphatic heterocycles. The number of ether oxygens (including phenoxy) is 1. The molecule has 1 saturated heterocycles. The molecule has 18 heavy (non-hydrogen) atoms. The number of rotatable bonds is 4. The van der Waals surface area contributed by atoms with Gasteiger partial charge in [-0.3, -0.25) is 4.79 Å². The number of benzene rings is 1. The van der Waals surface area contributed by atoms with Crippen molar-refractivity contribution in [2.75, 3.05) is 13.1 Å². The average molecular weight is 247 g/mol. The van der Waals surface area contributed by atoms with Gasteiger partial charge in [0.25, 0.3) is 5.91 Å². The van der Waals surface area contributed by atoms with Gasteiger partial charge in [-0.05, 0) is 43.9 Å².